The van der Waals surface area contributed by atoms with Gasteiger partial charge in [0, 0.05) is 6.42 Å². The van der Waals surface area contributed by atoms with Gasteiger partial charge in [-0.2, -0.15) is 13.2 Å². The summed E-state index contributed by atoms with van der Waals surface area (Å²) in [7, 11) is 0. The lowest BCUT2D eigenvalue weighted by atomic mass is 10.2. The van der Waals surface area contributed by atoms with Gasteiger partial charge in [-0.1, -0.05) is 5.10 Å². The highest BCUT2D eigenvalue weighted by Gasteiger charge is 2.33. The van der Waals surface area contributed by atoms with Crippen LogP contribution >= 0.6 is 0 Å². The van der Waals surface area contributed by atoms with Gasteiger partial charge in [0.15, 0.2) is 5.69 Å². The standard InChI is InChI=1S/C10H10F3N3O/c1-2-3-4-5-6-17-9-14-7-8(15-16-9)10(11,12)13/h1,7H,3-6H2. The summed E-state index contributed by atoms with van der Waals surface area (Å²) >= 11 is 0. The van der Waals surface area contributed by atoms with Crippen LogP contribution in [0.4, 0.5) is 13.2 Å². The summed E-state index contributed by atoms with van der Waals surface area (Å²) < 4.78 is 41.3. The molecular formula is C10H10F3N3O. The van der Waals surface area contributed by atoms with Gasteiger partial charge in [0.05, 0.1) is 12.8 Å². The first-order valence-electron chi connectivity index (χ1n) is 4.87. The Morgan fingerprint density at radius 1 is 1.29 bits per heavy atom. The minimum atomic E-state index is -4.54. The molecular weight excluding hydrogens is 235 g/mol. The molecule has 0 aliphatic carbocycles. The van der Waals surface area contributed by atoms with Crippen LogP contribution in [-0.2, 0) is 6.18 Å². The van der Waals surface area contributed by atoms with E-state index < -0.39 is 11.9 Å². The van der Waals surface area contributed by atoms with Crippen LogP contribution in [-0.4, -0.2) is 21.8 Å². The van der Waals surface area contributed by atoms with E-state index in [4.69, 9.17) is 11.2 Å². The molecule has 0 spiro atoms. The van der Waals surface area contributed by atoms with Gasteiger partial charge >= 0.3 is 12.2 Å². The highest BCUT2D eigenvalue weighted by Crippen LogP contribution is 2.26. The second kappa shape index (κ2) is 6.03. The second-order valence-corrected chi connectivity index (χ2v) is 3.13. The SMILES string of the molecule is C#CCCCCOc1ncc(C(F)(F)F)nn1. The Hall–Kier alpha value is -1.84. The molecule has 1 aromatic rings. The van der Waals surface area contributed by atoms with Crippen LogP contribution in [0.2, 0.25) is 0 Å². The topological polar surface area (TPSA) is 47.9 Å². The van der Waals surface area contributed by atoms with Crippen LogP contribution in [0.25, 0.3) is 0 Å². The number of hydrogen-bond acceptors (Lipinski definition) is 4. The molecule has 0 amide bonds. The first-order valence-corrected chi connectivity index (χ1v) is 4.87. The fourth-order valence-corrected chi connectivity index (χ4v) is 0.953. The van der Waals surface area contributed by atoms with Crippen molar-refractivity contribution in [3.8, 4) is 18.4 Å². The highest BCUT2D eigenvalue weighted by molar-refractivity contribution is 5.01. The summed E-state index contributed by atoms with van der Waals surface area (Å²) in [6.07, 6.45) is 3.20. The van der Waals surface area contributed by atoms with Crippen LogP contribution in [0.15, 0.2) is 6.20 Å². The average molecular weight is 245 g/mol. The molecule has 0 aromatic carbocycles. The zero-order valence-corrected chi connectivity index (χ0v) is 8.87. The maximum absolute atomic E-state index is 12.1. The van der Waals surface area contributed by atoms with E-state index in [1.807, 2.05) is 0 Å². The van der Waals surface area contributed by atoms with Crippen molar-refractivity contribution in [3.05, 3.63) is 11.9 Å². The Bertz CT molecular complexity index is 383. The fraction of sp³-hybridized carbons (Fsp3) is 0.500. The molecule has 17 heavy (non-hydrogen) atoms. The van der Waals surface area contributed by atoms with Crippen molar-refractivity contribution in [1.82, 2.24) is 15.2 Å². The number of nitrogens with zero attached hydrogens (tertiary/aromatic N) is 3. The summed E-state index contributed by atoms with van der Waals surface area (Å²) in [4.78, 5) is 3.41. The third-order valence-electron chi connectivity index (χ3n) is 1.78. The predicted octanol–water partition coefficient (Wildman–Crippen LogP) is 2.07. The molecule has 0 aliphatic heterocycles. The predicted molar refractivity (Wildman–Crippen MR) is 53.0 cm³/mol. The summed E-state index contributed by atoms with van der Waals surface area (Å²) in [5.74, 6) is 2.47. The maximum atomic E-state index is 12.1. The minimum absolute atomic E-state index is 0.168. The number of ether oxygens (including phenoxy) is 1. The lowest BCUT2D eigenvalue weighted by Gasteiger charge is -2.05. The number of hydrogen-bond donors (Lipinski definition) is 0. The Morgan fingerprint density at radius 2 is 2.06 bits per heavy atom. The van der Waals surface area contributed by atoms with Crippen molar-refractivity contribution in [2.45, 2.75) is 25.4 Å². The molecule has 0 atom stereocenters. The molecule has 7 heteroatoms. The average Bonchev–Trinajstić information content (AvgIpc) is 2.28. The van der Waals surface area contributed by atoms with E-state index in [0.29, 0.717) is 25.6 Å². The van der Waals surface area contributed by atoms with Crippen molar-refractivity contribution >= 4 is 0 Å². The third kappa shape index (κ3) is 4.68. The molecule has 1 aromatic heterocycles. The van der Waals surface area contributed by atoms with Gasteiger partial charge in [-0.05, 0) is 12.8 Å². The summed E-state index contributed by atoms with van der Waals surface area (Å²) in [5.41, 5.74) is -1.14. The molecule has 1 heterocycles. The van der Waals surface area contributed by atoms with E-state index in [-0.39, 0.29) is 6.01 Å². The molecule has 0 fully saturated rings. The smallest absolute Gasteiger partial charge is 0.436 e. The zero-order valence-electron chi connectivity index (χ0n) is 8.87. The molecule has 0 saturated carbocycles. The largest absolute Gasteiger partial charge is 0.462 e. The van der Waals surface area contributed by atoms with Crippen molar-refractivity contribution in [3.63, 3.8) is 0 Å². The van der Waals surface area contributed by atoms with E-state index in [9.17, 15) is 13.2 Å². The quantitative estimate of drug-likeness (QED) is 0.588. The summed E-state index contributed by atoms with van der Waals surface area (Å²) in [6, 6.07) is -0.168. The second-order valence-electron chi connectivity index (χ2n) is 3.13. The molecule has 4 nitrogen and oxygen atoms in total. The normalized spacial score (nSPS) is 10.9. The van der Waals surface area contributed by atoms with Gasteiger partial charge < -0.3 is 4.74 Å². The lowest BCUT2D eigenvalue weighted by Crippen LogP contribution is -2.11. The van der Waals surface area contributed by atoms with Gasteiger partial charge in [-0.15, -0.1) is 17.4 Å². The van der Waals surface area contributed by atoms with Crippen molar-refractivity contribution in [2.24, 2.45) is 0 Å². The Morgan fingerprint density at radius 3 is 2.59 bits per heavy atom. The summed E-state index contributed by atoms with van der Waals surface area (Å²) in [6.45, 7) is 0.300. The van der Waals surface area contributed by atoms with Gasteiger partial charge in [0.25, 0.3) is 0 Å². The van der Waals surface area contributed by atoms with E-state index in [2.05, 4.69) is 21.1 Å². The third-order valence-corrected chi connectivity index (χ3v) is 1.78. The first-order chi connectivity index (χ1) is 8.04. The Kier molecular flexibility index (Phi) is 4.69. The summed E-state index contributed by atoms with van der Waals surface area (Å²) in [5, 5.41) is 6.19. The number of rotatable bonds is 5. The minimum Gasteiger partial charge on any atom is -0.462 e. The molecule has 0 N–H and O–H groups in total. The molecule has 0 aliphatic rings. The van der Waals surface area contributed by atoms with Crippen LogP contribution in [0.1, 0.15) is 25.0 Å². The molecule has 0 radical (unpaired) electrons. The van der Waals surface area contributed by atoms with Crippen LogP contribution in [0, 0.1) is 12.3 Å². The monoisotopic (exact) mass is 245 g/mol. The Balaban J connectivity index is 2.39. The number of alkyl halides is 3. The molecule has 0 unspecified atom stereocenters. The van der Waals surface area contributed by atoms with Crippen molar-refractivity contribution in [2.75, 3.05) is 6.61 Å². The van der Waals surface area contributed by atoms with Crippen LogP contribution < -0.4 is 4.74 Å². The van der Waals surface area contributed by atoms with E-state index in [0.717, 1.165) is 6.42 Å². The van der Waals surface area contributed by atoms with Gasteiger partial charge in [0.1, 0.15) is 0 Å². The fourth-order valence-electron chi connectivity index (χ4n) is 0.953. The molecule has 0 bridgehead atoms. The van der Waals surface area contributed by atoms with Crippen LogP contribution in [0.3, 0.4) is 0 Å². The number of terminal acetylenes is 1. The van der Waals surface area contributed by atoms with E-state index in [1.165, 1.54) is 0 Å². The van der Waals surface area contributed by atoms with Crippen molar-refractivity contribution < 1.29 is 17.9 Å². The molecule has 1 rings (SSSR count). The van der Waals surface area contributed by atoms with Gasteiger partial charge in [0.2, 0.25) is 0 Å². The molecule has 92 valence electrons. The number of aromatic nitrogens is 3. The lowest BCUT2D eigenvalue weighted by molar-refractivity contribution is -0.142. The number of halogens is 3. The van der Waals surface area contributed by atoms with Gasteiger partial charge in [-0.3, -0.25) is 0 Å². The maximum Gasteiger partial charge on any atom is 0.436 e. The highest BCUT2D eigenvalue weighted by atomic mass is 19.4. The first kappa shape index (κ1) is 13.2. The Labute approximate surface area is 96.2 Å². The number of unbranched alkanes of at least 4 members (excludes halogenated alkanes) is 2. The van der Waals surface area contributed by atoms with Crippen LogP contribution in [0.5, 0.6) is 6.01 Å². The van der Waals surface area contributed by atoms with Gasteiger partial charge in [-0.25, -0.2) is 4.98 Å². The van der Waals surface area contributed by atoms with E-state index >= 15 is 0 Å². The zero-order chi connectivity index (χ0) is 12.7. The van der Waals surface area contributed by atoms with E-state index in [1.54, 1.807) is 0 Å². The molecule has 0 saturated heterocycles. The van der Waals surface area contributed by atoms with Crippen molar-refractivity contribution in [1.29, 1.82) is 0 Å².